The van der Waals surface area contributed by atoms with Gasteiger partial charge in [-0.25, -0.2) is 4.79 Å². The molecule has 2 aromatic heterocycles. The summed E-state index contributed by atoms with van der Waals surface area (Å²) in [6, 6.07) is 17.3. The number of ether oxygens (including phenoxy) is 2. The number of hydrogen-bond donors (Lipinski definition) is 2. The minimum absolute atomic E-state index is 0.0556. The monoisotopic (exact) mass is 444 g/mol. The number of anilines is 1. The van der Waals surface area contributed by atoms with Crippen LogP contribution < -0.4 is 20.1 Å². The smallest absolute Gasteiger partial charge is 0.319 e. The van der Waals surface area contributed by atoms with Gasteiger partial charge in [-0.05, 0) is 42.3 Å². The minimum Gasteiger partial charge on any atom is -0.497 e. The highest BCUT2D eigenvalue weighted by atomic mass is 16.5. The molecule has 0 aliphatic carbocycles. The van der Waals surface area contributed by atoms with E-state index in [2.05, 4.69) is 45.4 Å². The molecule has 1 unspecified atom stereocenters. The molecule has 0 aliphatic heterocycles. The Labute approximate surface area is 193 Å². The van der Waals surface area contributed by atoms with Crippen LogP contribution in [-0.2, 0) is 6.54 Å². The van der Waals surface area contributed by atoms with Crippen molar-refractivity contribution in [2.75, 3.05) is 26.1 Å². The number of hydrogen-bond acceptors (Lipinski definition) is 4. The van der Waals surface area contributed by atoms with Gasteiger partial charge in [0.25, 0.3) is 0 Å². The number of nitrogens with one attached hydrogen (secondary N) is 2. The van der Waals surface area contributed by atoms with Crippen molar-refractivity contribution < 1.29 is 14.3 Å². The molecule has 0 saturated heterocycles. The van der Waals surface area contributed by atoms with E-state index in [1.165, 1.54) is 10.9 Å². The number of rotatable bonds is 8. The molecule has 4 aromatic rings. The van der Waals surface area contributed by atoms with E-state index < -0.39 is 0 Å². The highest BCUT2D eigenvalue weighted by Crippen LogP contribution is 2.32. The summed E-state index contributed by atoms with van der Waals surface area (Å²) in [4.78, 5) is 17.1. The molecular formula is C26H28N4O3. The quantitative estimate of drug-likeness (QED) is 0.400. The van der Waals surface area contributed by atoms with Crippen molar-refractivity contribution >= 4 is 22.6 Å². The molecule has 7 nitrogen and oxygen atoms in total. The number of aryl methyl sites for hydroxylation is 1. The van der Waals surface area contributed by atoms with E-state index in [0.717, 1.165) is 17.7 Å². The third kappa shape index (κ3) is 4.77. The van der Waals surface area contributed by atoms with Gasteiger partial charge in [-0.15, -0.1) is 0 Å². The van der Waals surface area contributed by atoms with Crippen molar-refractivity contribution in [3.63, 3.8) is 0 Å². The fraction of sp³-hybridized carbons (Fsp3) is 0.231. The fourth-order valence-electron chi connectivity index (χ4n) is 4.07. The van der Waals surface area contributed by atoms with E-state index in [-0.39, 0.29) is 11.9 Å². The number of pyridine rings is 1. The molecule has 1 atom stereocenters. The van der Waals surface area contributed by atoms with Crippen molar-refractivity contribution in [1.82, 2.24) is 14.9 Å². The first kappa shape index (κ1) is 22.2. The van der Waals surface area contributed by atoms with Crippen LogP contribution >= 0.6 is 0 Å². The molecule has 0 spiro atoms. The summed E-state index contributed by atoms with van der Waals surface area (Å²) in [5.74, 6) is 1.13. The predicted molar refractivity (Wildman–Crippen MR) is 130 cm³/mol. The van der Waals surface area contributed by atoms with Crippen molar-refractivity contribution in [2.24, 2.45) is 0 Å². The predicted octanol–water partition coefficient (Wildman–Crippen LogP) is 5.03. The second-order valence-electron chi connectivity index (χ2n) is 7.63. The number of methoxy groups -OCH3 is 2. The number of fused-ring (bicyclic) bond motifs is 1. The van der Waals surface area contributed by atoms with Gasteiger partial charge in [-0.2, -0.15) is 0 Å². The molecule has 0 fully saturated rings. The van der Waals surface area contributed by atoms with Crippen LogP contribution in [0.4, 0.5) is 10.5 Å². The van der Waals surface area contributed by atoms with E-state index in [4.69, 9.17) is 9.47 Å². The minimum atomic E-state index is -0.313. The summed E-state index contributed by atoms with van der Waals surface area (Å²) < 4.78 is 12.8. The lowest BCUT2D eigenvalue weighted by atomic mass is 9.92. The molecule has 0 aliphatic rings. The van der Waals surface area contributed by atoms with Crippen LogP contribution in [-0.4, -0.2) is 36.3 Å². The molecule has 2 amide bonds. The number of benzene rings is 2. The summed E-state index contributed by atoms with van der Waals surface area (Å²) in [5.41, 5.74) is 3.94. The molecule has 33 heavy (non-hydrogen) atoms. The van der Waals surface area contributed by atoms with Crippen LogP contribution in [0.3, 0.4) is 0 Å². The lowest BCUT2D eigenvalue weighted by molar-refractivity contribution is 0.251. The summed E-state index contributed by atoms with van der Waals surface area (Å²) in [7, 11) is 3.14. The van der Waals surface area contributed by atoms with Crippen LogP contribution in [0.5, 0.6) is 11.5 Å². The third-order valence-corrected chi connectivity index (χ3v) is 5.75. The van der Waals surface area contributed by atoms with E-state index in [1.54, 1.807) is 38.6 Å². The lowest BCUT2D eigenvalue weighted by Gasteiger charge is -2.19. The largest absolute Gasteiger partial charge is 0.497 e. The Morgan fingerprint density at radius 2 is 1.94 bits per heavy atom. The topological polar surface area (TPSA) is 77.4 Å². The molecule has 7 heteroatoms. The van der Waals surface area contributed by atoms with Gasteiger partial charge in [-0.1, -0.05) is 24.3 Å². The molecule has 0 saturated carbocycles. The Balaban J connectivity index is 1.59. The first-order valence-electron chi connectivity index (χ1n) is 10.9. The number of urea groups is 1. The van der Waals surface area contributed by atoms with Gasteiger partial charge < -0.3 is 24.7 Å². The fourth-order valence-corrected chi connectivity index (χ4v) is 4.07. The normalized spacial score (nSPS) is 11.7. The maximum atomic E-state index is 12.8. The third-order valence-electron chi connectivity index (χ3n) is 5.75. The summed E-state index contributed by atoms with van der Waals surface area (Å²) >= 11 is 0. The lowest BCUT2D eigenvalue weighted by Crippen LogP contribution is -2.32. The van der Waals surface area contributed by atoms with Gasteiger partial charge in [0, 0.05) is 54.6 Å². The van der Waals surface area contributed by atoms with Crippen molar-refractivity contribution in [3.8, 4) is 11.5 Å². The Bertz CT molecular complexity index is 1240. The number of para-hydroxylation sites is 1. The highest BCUT2D eigenvalue weighted by molar-refractivity contribution is 5.91. The molecule has 0 bridgehead atoms. The van der Waals surface area contributed by atoms with Gasteiger partial charge in [-0.3, -0.25) is 4.98 Å². The number of carbonyl (C=O) groups excluding carboxylic acids is 1. The molecule has 2 aromatic carbocycles. The maximum Gasteiger partial charge on any atom is 0.319 e. The Kier molecular flexibility index (Phi) is 6.78. The van der Waals surface area contributed by atoms with Gasteiger partial charge in [0.2, 0.25) is 0 Å². The zero-order valence-corrected chi connectivity index (χ0v) is 19.0. The van der Waals surface area contributed by atoms with Crippen LogP contribution in [0, 0.1) is 0 Å². The van der Waals surface area contributed by atoms with E-state index in [0.29, 0.717) is 23.7 Å². The molecule has 0 radical (unpaired) electrons. The number of amides is 2. The van der Waals surface area contributed by atoms with Crippen molar-refractivity contribution in [2.45, 2.75) is 19.4 Å². The van der Waals surface area contributed by atoms with E-state index >= 15 is 0 Å². The molecule has 2 N–H and O–H groups in total. The summed E-state index contributed by atoms with van der Waals surface area (Å²) in [6.45, 7) is 3.41. The van der Waals surface area contributed by atoms with Gasteiger partial charge in [0.05, 0.1) is 19.9 Å². The Morgan fingerprint density at radius 3 is 2.67 bits per heavy atom. The maximum absolute atomic E-state index is 12.8. The molecule has 4 rings (SSSR count). The zero-order valence-electron chi connectivity index (χ0n) is 19.0. The number of nitrogens with zero attached hydrogens (tertiary/aromatic N) is 2. The van der Waals surface area contributed by atoms with Crippen LogP contribution in [0.25, 0.3) is 10.9 Å². The average molecular weight is 445 g/mol. The van der Waals surface area contributed by atoms with Crippen LogP contribution in [0.15, 0.2) is 73.2 Å². The zero-order chi connectivity index (χ0) is 23.2. The van der Waals surface area contributed by atoms with Gasteiger partial charge in [0.15, 0.2) is 0 Å². The van der Waals surface area contributed by atoms with E-state index in [1.807, 2.05) is 30.5 Å². The van der Waals surface area contributed by atoms with Crippen LogP contribution in [0.1, 0.15) is 24.0 Å². The van der Waals surface area contributed by atoms with Crippen LogP contribution in [0.2, 0.25) is 0 Å². The second kappa shape index (κ2) is 10.1. The standard InChI is InChI=1S/C26H28N4O3/c1-4-30-17-22(20-9-5-6-10-24(20)30)21(18-8-7-13-27-15-18)16-28-26(31)29-23-12-11-19(32-2)14-25(23)33-3/h5-15,17,21H,4,16H2,1-3H3,(H2,28,29,31). The van der Waals surface area contributed by atoms with Gasteiger partial charge >= 0.3 is 6.03 Å². The number of aromatic nitrogens is 2. The first-order chi connectivity index (χ1) is 16.1. The highest BCUT2D eigenvalue weighted by Gasteiger charge is 2.21. The van der Waals surface area contributed by atoms with Crippen molar-refractivity contribution in [1.29, 1.82) is 0 Å². The molecule has 2 heterocycles. The van der Waals surface area contributed by atoms with Crippen molar-refractivity contribution in [3.05, 3.63) is 84.3 Å². The Morgan fingerprint density at radius 1 is 1.09 bits per heavy atom. The van der Waals surface area contributed by atoms with E-state index in [9.17, 15) is 4.79 Å². The molecule has 170 valence electrons. The SMILES string of the molecule is CCn1cc(C(CNC(=O)Nc2ccc(OC)cc2OC)c2cccnc2)c2ccccc21. The summed E-state index contributed by atoms with van der Waals surface area (Å²) in [6.07, 6.45) is 5.79. The number of carbonyl (C=O) groups is 1. The summed E-state index contributed by atoms with van der Waals surface area (Å²) in [5, 5.41) is 7.07. The second-order valence-corrected chi connectivity index (χ2v) is 7.63. The Hall–Kier alpha value is -4.00. The first-order valence-corrected chi connectivity index (χ1v) is 10.9. The molecular weight excluding hydrogens is 416 g/mol. The average Bonchev–Trinajstić information content (AvgIpc) is 3.23. The van der Waals surface area contributed by atoms with Gasteiger partial charge in [0.1, 0.15) is 11.5 Å².